The van der Waals surface area contributed by atoms with E-state index < -0.39 is 0 Å². The standard InChI is InChI=1S/C15H19N3/c1-11-9-12(2)18-15(17-11)10-14(16-3)13-7-5-4-6-8-13/h4-9,14,16H,10H2,1-3H3. The van der Waals surface area contributed by atoms with Gasteiger partial charge >= 0.3 is 0 Å². The molecule has 3 nitrogen and oxygen atoms in total. The number of likely N-dealkylation sites (N-methyl/N-ethyl adjacent to an activating group) is 1. The normalized spacial score (nSPS) is 12.4. The average molecular weight is 241 g/mol. The van der Waals surface area contributed by atoms with E-state index in [9.17, 15) is 0 Å². The van der Waals surface area contributed by atoms with Crippen molar-refractivity contribution in [2.45, 2.75) is 26.3 Å². The van der Waals surface area contributed by atoms with Crippen LogP contribution in [0.4, 0.5) is 0 Å². The summed E-state index contributed by atoms with van der Waals surface area (Å²) in [5, 5.41) is 3.33. The summed E-state index contributed by atoms with van der Waals surface area (Å²) >= 11 is 0. The molecule has 0 aliphatic rings. The van der Waals surface area contributed by atoms with Gasteiger partial charge in [0.2, 0.25) is 0 Å². The molecular weight excluding hydrogens is 222 g/mol. The van der Waals surface area contributed by atoms with Gasteiger partial charge in [0, 0.05) is 23.9 Å². The third kappa shape index (κ3) is 3.14. The average Bonchev–Trinajstić information content (AvgIpc) is 2.36. The lowest BCUT2D eigenvalue weighted by Crippen LogP contribution is -2.20. The van der Waals surface area contributed by atoms with E-state index in [1.807, 2.05) is 33.0 Å². The van der Waals surface area contributed by atoms with Gasteiger partial charge in [0.15, 0.2) is 0 Å². The molecule has 0 fully saturated rings. The molecule has 0 radical (unpaired) electrons. The molecule has 94 valence electrons. The molecule has 1 atom stereocenters. The largest absolute Gasteiger partial charge is 0.313 e. The highest BCUT2D eigenvalue weighted by Crippen LogP contribution is 2.16. The number of aryl methyl sites for hydroxylation is 2. The summed E-state index contributed by atoms with van der Waals surface area (Å²) in [5.74, 6) is 0.899. The van der Waals surface area contributed by atoms with Gasteiger partial charge in [0.1, 0.15) is 5.82 Å². The summed E-state index contributed by atoms with van der Waals surface area (Å²) in [6, 6.07) is 12.7. The molecule has 3 heteroatoms. The molecule has 1 N–H and O–H groups in total. The van der Waals surface area contributed by atoms with Crippen LogP contribution in [0.5, 0.6) is 0 Å². The van der Waals surface area contributed by atoms with Crippen LogP contribution < -0.4 is 5.32 Å². The van der Waals surface area contributed by atoms with Gasteiger partial charge in [0.25, 0.3) is 0 Å². The third-order valence-electron chi connectivity index (χ3n) is 2.97. The summed E-state index contributed by atoms with van der Waals surface area (Å²) in [6.45, 7) is 4.02. The van der Waals surface area contributed by atoms with Gasteiger partial charge in [-0.2, -0.15) is 0 Å². The Bertz CT molecular complexity index is 488. The van der Waals surface area contributed by atoms with Crippen molar-refractivity contribution < 1.29 is 0 Å². The maximum absolute atomic E-state index is 4.50. The molecule has 0 saturated heterocycles. The minimum Gasteiger partial charge on any atom is -0.313 e. The third-order valence-corrected chi connectivity index (χ3v) is 2.97. The Morgan fingerprint density at radius 3 is 2.22 bits per heavy atom. The number of rotatable bonds is 4. The molecule has 0 aliphatic heterocycles. The first kappa shape index (κ1) is 12.7. The Labute approximate surface area is 108 Å². The van der Waals surface area contributed by atoms with Gasteiger partial charge in [-0.05, 0) is 32.5 Å². The monoisotopic (exact) mass is 241 g/mol. The van der Waals surface area contributed by atoms with E-state index in [-0.39, 0.29) is 6.04 Å². The van der Waals surface area contributed by atoms with Crippen LogP contribution in [0.3, 0.4) is 0 Å². The summed E-state index contributed by atoms with van der Waals surface area (Å²) in [5.41, 5.74) is 3.32. The number of nitrogens with one attached hydrogen (secondary N) is 1. The van der Waals surface area contributed by atoms with E-state index in [0.717, 1.165) is 23.6 Å². The molecule has 18 heavy (non-hydrogen) atoms. The minimum atomic E-state index is 0.257. The second-order valence-corrected chi connectivity index (χ2v) is 4.52. The summed E-state index contributed by atoms with van der Waals surface area (Å²) in [7, 11) is 1.97. The van der Waals surface area contributed by atoms with Crippen LogP contribution in [0.1, 0.15) is 28.8 Å². The van der Waals surface area contributed by atoms with Gasteiger partial charge < -0.3 is 5.32 Å². The van der Waals surface area contributed by atoms with E-state index in [1.165, 1.54) is 5.56 Å². The molecule has 0 bridgehead atoms. The first-order valence-electron chi connectivity index (χ1n) is 6.22. The van der Waals surface area contributed by atoms with E-state index in [2.05, 4.69) is 39.6 Å². The van der Waals surface area contributed by atoms with Gasteiger partial charge in [-0.15, -0.1) is 0 Å². The fraction of sp³-hybridized carbons (Fsp3) is 0.333. The van der Waals surface area contributed by atoms with Crippen LogP contribution in [0.25, 0.3) is 0 Å². The van der Waals surface area contributed by atoms with Gasteiger partial charge in [-0.25, -0.2) is 9.97 Å². The maximum atomic E-state index is 4.50. The Hall–Kier alpha value is -1.74. The first-order valence-corrected chi connectivity index (χ1v) is 6.22. The number of hydrogen-bond acceptors (Lipinski definition) is 3. The zero-order valence-corrected chi connectivity index (χ0v) is 11.1. The Balaban J connectivity index is 2.20. The SMILES string of the molecule is CNC(Cc1nc(C)cc(C)n1)c1ccccc1. The van der Waals surface area contributed by atoms with Crippen LogP contribution in [-0.4, -0.2) is 17.0 Å². The maximum Gasteiger partial charge on any atom is 0.130 e. The van der Waals surface area contributed by atoms with E-state index in [4.69, 9.17) is 0 Å². The molecule has 2 aromatic rings. The predicted molar refractivity (Wildman–Crippen MR) is 73.5 cm³/mol. The number of benzene rings is 1. The highest BCUT2D eigenvalue weighted by molar-refractivity contribution is 5.20. The number of nitrogens with zero attached hydrogens (tertiary/aromatic N) is 2. The van der Waals surface area contributed by atoms with Crippen LogP contribution in [0, 0.1) is 13.8 Å². The van der Waals surface area contributed by atoms with Gasteiger partial charge in [-0.3, -0.25) is 0 Å². The first-order chi connectivity index (χ1) is 8.69. The second kappa shape index (κ2) is 5.74. The lowest BCUT2D eigenvalue weighted by Gasteiger charge is -2.16. The highest BCUT2D eigenvalue weighted by atomic mass is 14.9. The molecular formula is C15H19N3. The van der Waals surface area contributed by atoms with Crippen molar-refractivity contribution in [1.29, 1.82) is 0 Å². The molecule has 1 aromatic carbocycles. The summed E-state index contributed by atoms with van der Waals surface area (Å²) < 4.78 is 0. The van der Waals surface area contributed by atoms with Crippen molar-refractivity contribution in [3.05, 3.63) is 59.2 Å². The summed E-state index contributed by atoms with van der Waals surface area (Å²) in [4.78, 5) is 8.99. The van der Waals surface area contributed by atoms with Crippen molar-refractivity contribution >= 4 is 0 Å². The van der Waals surface area contributed by atoms with Crippen molar-refractivity contribution in [3.63, 3.8) is 0 Å². The molecule has 0 amide bonds. The van der Waals surface area contributed by atoms with Gasteiger partial charge in [0.05, 0.1) is 0 Å². The Kier molecular flexibility index (Phi) is 4.05. The molecule has 0 aliphatic carbocycles. The highest BCUT2D eigenvalue weighted by Gasteiger charge is 2.11. The van der Waals surface area contributed by atoms with Crippen molar-refractivity contribution in [2.24, 2.45) is 0 Å². The number of aromatic nitrogens is 2. The van der Waals surface area contributed by atoms with E-state index >= 15 is 0 Å². The number of hydrogen-bond donors (Lipinski definition) is 1. The molecule has 1 unspecified atom stereocenters. The smallest absolute Gasteiger partial charge is 0.130 e. The fourth-order valence-electron chi connectivity index (χ4n) is 2.14. The van der Waals surface area contributed by atoms with Crippen molar-refractivity contribution in [1.82, 2.24) is 15.3 Å². The quantitative estimate of drug-likeness (QED) is 0.894. The Morgan fingerprint density at radius 2 is 1.67 bits per heavy atom. The minimum absolute atomic E-state index is 0.257. The molecule has 0 spiro atoms. The molecule has 2 rings (SSSR count). The van der Waals surface area contributed by atoms with Gasteiger partial charge in [-0.1, -0.05) is 30.3 Å². The van der Waals surface area contributed by atoms with Crippen molar-refractivity contribution in [2.75, 3.05) is 7.05 Å². The fourth-order valence-corrected chi connectivity index (χ4v) is 2.14. The second-order valence-electron chi connectivity index (χ2n) is 4.52. The molecule has 0 saturated carbocycles. The predicted octanol–water partition coefficient (Wildman–Crippen LogP) is 2.60. The van der Waals surface area contributed by atoms with E-state index in [0.29, 0.717) is 0 Å². The molecule has 1 heterocycles. The lowest BCUT2D eigenvalue weighted by molar-refractivity contribution is 0.573. The Morgan fingerprint density at radius 1 is 1.06 bits per heavy atom. The van der Waals surface area contributed by atoms with Crippen molar-refractivity contribution in [3.8, 4) is 0 Å². The van der Waals surface area contributed by atoms with Crippen LogP contribution in [0.15, 0.2) is 36.4 Å². The van der Waals surface area contributed by atoms with E-state index in [1.54, 1.807) is 0 Å². The summed E-state index contributed by atoms with van der Waals surface area (Å²) in [6.07, 6.45) is 0.809. The lowest BCUT2D eigenvalue weighted by atomic mass is 10.0. The molecule has 1 aromatic heterocycles. The van der Waals surface area contributed by atoms with Crippen LogP contribution in [-0.2, 0) is 6.42 Å². The van der Waals surface area contributed by atoms with Crippen LogP contribution in [0.2, 0.25) is 0 Å². The van der Waals surface area contributed by atoms with Crippen LogP contribution >= 0.6 is 0 Å². The zero-order valence-electron chi connectivity index (χ0n) is 11.1. The topological polar surface area (TPSA) is 37.8 Å². The zero-order chi connectivity index (χ0) is 13.0.